The first-order valence-corrected chi connectivity index (χ1v) is 13.1. The Kier molecular flexibility index (Phi) is 6.36. The zero-order valence-corrected chi connectivity index (χ0v) is 21.1. The summed E-state index contributed by atoms with van der Waals surface area (Å²) in [5.74, 6) is 2.72. The standard InChI is InChI=1S/C29H34N2O5/c1-33-21-9-11-26(34-2)22(15-21)23-14-19-8-10-27-24(28(19)36-29(23)32)17-30(18-35-27)16-20-6-5-13-31-12-4-3-7-25(20)31/h8-11,14-15,20,25H,3-7,12-13,16-18H2,1-2H3/t20-,25+/m0/s1. The van der Waals surface area contributed by atoms with E-state index in [0.29, 0.717) is 46.9 Å². The van der Waals surface area contributed by atoms with Crippen molar-refractivity contribution in [1.82, 2.24) is 9.80 Å². The van der Waals surface area contributed by atoms with Crippen LogP contribution in [0.1, 0.15) is 37.7 Å². The fourth-order valence-corrected chi connectivity index (χ4v) is 6.39. The molecule has 0 N–H and O–H groups in total. The molecule has 2 saturated heterocycles. The Bertz CT molecular complexity index is 1320. The first-order chi connectivity index (χ1) is 17.6. The molecule has 4 heterocycles. The minimum Gasteiger partial charge on any atom is -0.497 e. The van der Waals surface area contributed by atoms with E-state index in [9.17, 15) is 4.79 Å². The molecule has 2 fully saturated rings. The smallest absolute Gasteiger partial charge is 0.344 e. The first-order valence-electron chi connectivity index (χ1n) is 13.1. The zero-order chi connectivity index (χ0) is 24.6. The Morgan fingerprint density at radius 3 is 2.72 bits per heavy atom. The number of methoxy groups -OCH3 is 2. The van der Waals surface area contributed by atoms with E-state index in [1.807, 2.05) is 24.3 Å². The molecule has 6 rings (SSSR count). The quantitative estimate of drug-likeness (QED) is 0.472. The van der Waals surface area contributed by atoms with Crippen LogP contribution >= 0.6 is 0 Å². The number of fused-ring (bicyclic) bond motifs is 4. The molecule has 0 saturated carbocycles. The molecule has 0 radical (unpaired) electrons. The monoisotopic (exact) mass is 490 g/mol. The van der Waals surface area contributed by atoms with E-state index in [1.165, 1.54) is 45.2 Å². The van der Waals surface area contributed by atoms with Gasteiger partial charge in [0.2, 0.25) is 0 Å². The van der Waals surface area contributed by atoms with Crippen molar-refractivity contribution in [1.29, 1.82) is 0 Å². The number of rotatable bonds is 5. The summed E-state index contributed by atoms with van der Waals surface area (Å²) >= 11 is 0. The highest BCUT2D eigenvalue weighted by Gasteiger charge is 2.35. The number of piperidine rings is 2. The third kappa shape index (κ3) is 4.24. The Balaban J connectivity index is 1.31. The van der Waals surface area contributed by atoms with Crippen molar-refractivity contribution < 1.29 is 18.6 Å². The lowest BCUT2D eigenvalue weighted by atomic mass is 9.83. The Morgan fingerprint density at radius 2 is 1.86 bits per heavy atom. The van der Waals surface area contributed by atoms with E-state index >= 15 is 0 Å². The molecule has 36 heavy (non-hydrogen) atoms. The molecule has 190 valence electrons. The number of nitrogens with zero attached hydrogens (tertiary/aromatic N) is 2. The summed E-state index contributed by atoms with van der Waals surface area (Å²) in [7, 11) is 3.20. The van der Waals surface area contributed by atoms with E-state index in [1.54, 1.807) is 26.4 Å². The van der Waals surface area contributed by atoms with Gasteiger partial charge < -0.3 is 23.5 Å². The van der Waals surface area contributed by atoms with E-state index < -0.39 is 5.63 Å². The Labute approximate surface area is 211 Å². The minimum absolute atomic E-state index is 0.398. The van der Waals surface area contributed by atoms with Crippen LogP contribution in [0.25, 0.3) is 22.1 Å². The summed E-state index contributed by atoms with van der Waals surface area (Å²) in [6, 6.07) is 12.0. The van der Waals surface area contributed by atoms with Crippen LogP contribution in [-0.2, 0) is 6.54 Å². The van der Waals surface area contributed by atoms with Crippen molar-refractivity contribution in [3.63, 3.8) is 0 Å². The van der Waals surface area contributed by atoms with Gasteiger partial charge in [0.25, 0.3) is 0 Å². The van der Waals surface area contributed by atoms with Gasteiger partial charge in [-0.25, -0.2) is 4.79 Å². The molecule has 3 aliphatic rings. The van der Waals surface area contributed by atoms with Crippen LogP contribution < -0.4 is 19.8 Å². The van der Waals surface area contributed by atoms with Crippen LogP contribution in [0.15, 0.2) is 45.6 Å². The summed E-state index contributed by atoms with van der Waals surface area (Å²) in [6.45, 7) is 4.80. The van der Waals surface area contributed by atoms with Crippen LogP contribution in [0.4, 0.5) is 0 Å². The average molecular weight is 491 g/mol. The van der Waals surface area contributed by atoms with Crippen LogP contribution in [0.5, 0.6) is 17.2 Å². The van der Waals surface area contributed by atoms with Gasteiger partial charge in [0.05, 0.1) is 25.3 Å². The Morgan fingerprint density at radius 1 is 0.972 bits per heavy atom. The van der Waals surface area contributed by atoms with Gasteiger partial charge in [0.15, 0.2) is 0 Å². The van der Waals surface area contributed by atoms with Crippen molar-refractivity contribution in [2.75, 3.05) is 40.6 Å². The fraction of sp³-hybridized carbons (Fsp3) is 0.483. The highest BCUT2D eigenvalue weighted by molar-refractivity contribution is 5.87. The predicted molar refractivity (Wildman–Crippen MR) is 139 cm³/mol. The van der Waals surface area contributed by atoms with Gasteiger partial charge in [-0.1, -0.05) is 6.42 Å². The van der Waals surface area contributed by atoms with Crippen LogP contribution in [0.3, 0.4) is 0 Å². The molecule has 0 unspecified atom stereocenters. The van der Waals surface area contributed by atoms with E-state index in [2.05, 4.69) is 9.80 Å². The van der Waals surface area contributed by atoms with Gasteiger partial charge in [0, 0.05) is 30.1 Å². The highest BCUT2D eigenvalue weighted by atomic mass is 16.5. The summed E-state index contributed by atoms with van der Waals surface area (Å²) in [5, 5.41) is 0.870. The maximum Gasteiger partial charge on any atom is 0.344 e. The van der Waals surface area contributed by atoms with Gasteiger partial charge in [-0.3, -0.25) is 4.90 Å². The van der Waals surface area contributed by atoms with Crippen molar-refractivity contribution in [2.45, 2.75) is 44.7 Å². The lowest BCUT2D eigenvalue weighted by Crippen LogP contribution is -2.51. The highest BCUT2D eigenvalue weighted by Crippen LogP contribution is 2.37. The largest absolute Gasteiger partial charge is 0.497 e. The van der Waals surface area contributed by atoms with Crippen molar-refractivity contribution >= 4 is 11.0 Å². The van der Waals surface area contributed by atoms with Gasteiger partial charge in [-0.2, -0.15) is 0 Å². The van der Waals surface area contributed by atoms with Crippen LogP contribution in [0.2, 0.25) is 0 Å². The van der Waals surface area contributed by atoms with E-state index in [0.717, 1.165) is 29.8 Å². The number of benzene rings is 2. The molecular weight excluding hydrogens is 456 g/mol. The third-order valence-corrected chi connectivity index (χ3v) is 8.16. The van der Waals surface area contributed by atoms with Gasteiger partial charge >= 0.3 is 5.63 Å². The van der Waals surface area contributed by atoms with Crippen LogP contribution in [0, 0.1) is 5.92 Å². The second-order valence-corrected chi connectivity index (χ2v) is 10.3. The van der Waals surface area contributed by atoms with E-state index in [-0.39, 0.29) is 0 Å². The second-order valence-electron chi connectivity index (χ2n) is 10.3. The summed E-state index contributed by atoms with van der Waals surface area (Å²) in [6.07, 6.45) is 6.54. The van der Waals surface area contributed by atoms with Crippen LogP contribution in [-0.4, -0.2) is 56.4 Å². The SMILES string of the molecule is COc1ccc(OC)c(-c2cc3ccc4c(c3oc2=O)CN(C[C@@H]2CCCN3CCCC[C@H]23)CO4)c1. The summed E-state index contributed by atoms with van der Waals surface area (Å²) in [5.41, 5.74) is 2.26. The molecule has 1 aromatic heterocycles. The van der Waals surface area contributed by atoms with Crippen molar-refractivity contribution in [2.24, 2.45) is 5.92 Å². The molecule has 7 heteroatoms. The molecule has 0 aliphatic carbocycles. The lowest BCUT2D eigenvalue weighted by Gasteiger charge is -2.46. The molecule has 3 aliphatic heterocycles. The zero-order valence-electron chi connectivity index (χ0n) is 21.1. The molecule has 0 amide bonds. The fourth-order valence-electron chi connectivity index (χ4n) is 6.39. The third-order valence-electron chi connectivity index (χ3n) is 8.16. The first kappa shape index (κ1) is 23.4. The number of hydrogen-bond acceptors (Lipinski definition) is 7. The molecule has 0 spiro atoms. The average Bonchev–Trinajstić information content (AvgIpc) is 2.92. The molecule has 2 atom stereocenters. The molecule has 7 nitrogen and oxygen atoms in total. The van der Waals surface area contributed by atoms with E-state index in [4.69, 9.17) is 18.6 Å². The molecule has 3 aromatic rings. The number of ether oxygens (including phenoxy) is 3. The molecule has 2 aromatic carbocycles. The second kappa shape index (κ2) is 9.79. The van der Waals surface area contributed by atoms with Gasteiger partial charge in [0.1, 0.15) is 29.6 Å². The predicted octanol–water partition coefficient (Wildman–Crippen LogP) is 4.89. The Hall–Kier alpha value is -3.03. The lowest BCUT2D eigenvalue weighted by molar-refractivity contribution is 0.0146. The molecule has 0 bridgehead atoms. The van der Waals surface area contributed by atoms with Crippen molar-refractivity contribution in [3.05, 3.63) is 52.4 Å². The maximum absolute atomic E-state index is 13.2. The summed E-state index contributed by atoms with van der Waals surface area (Å²) in [4.78, 5) is 18.3. The van der Waals surface area contributed by atoms with Crippen molar-refractivity contribution in [3.8, 4) is 28.4 Å². The summed E-state index contributed by atoms with van der Waals surface area (Å²) < 4.78 is 23.0. The normalized spacial score (nSPS) is 22.5. The number of hydrogen-bond donors (Lipinski definition) is 0. The van der Waals surface area contributed by atoms with Gasteiger partial charge in [-0.15, -0.1) is 0 Å². The minimum atomic E-state index is -0.398. The van der Waals surface area contributed by atoms with Gasteiger partial charge in [-0.05, 0) is 81.1 Å². The maximum atomic E-state index is 13.2. The molecular formula is C29H34N2O5. The topological polar surface area (TPSA) is 64.4 Å².